The Morgan fingerprint density at radius 1 is 1.29 bits per heavy atom. The number of aromatic amines is 1. The predicted octanol–water partition coefficient (Wildman–Crippen LogP) is 2.88. The molecule has 1 aromatic carbocycles. The van der Waals surface area contributed by atoms with E-state index in [-0.39, 0.29) is 0 Å². The quantitative estimate of drug-likeness (QED) is 0.729. The number of thiophene rings is 1. The highest BCUT2D eigenvalue weighted by atomic mass is 32.1. The number of aromatic nitrogens is 2. The van der Waals surface area contributed by atoms with Crippen LogP contribution in [0.5, 0.6) is 5.75 Å². The van der Waals surface area contributed by atoms with Gasteiger partial charge in [-0.15, -0.1) is 11.3 Å². The fourth-order valence-corrected chi connectivity index (χ4v) is 2.86. The highest BCUT2D eigenvalue weighted by molar-refractivity contribution is 7.17. The van der Waals surface area contributed by atoms with Gasteiger partial charge in [-0.2, -0.15) is 5.10 Å². The first-order valence-electron chi connectivity index (χ1n) is 5.14. The zero-order valence-corrected chi connectivity index (χ0v) is 10.0. The minimum atomic E-state index is 0.586. The van der Waals surface area contributed by atoms with Gasteiger partial charge >= 0.3 is 0 Å². The van der Waals surface area contributed by atoms with Crippen LogP contribution in [0.15, 0.2) is 29.8 Å². The number of fused-ring (bicyclic) bond motifs is 1. The molecule has 0 radical (unpaired) electrons. The zero-order chi connectivity index (χ0) is 11.8. The number of rotatable bonds is 2. The van der Waals surface area contributed by atoms with Gasteiger partial charge in [-0.3, -0.25) is 5.10 Å². The van der Waals surface area contributed by atoms with Crippen LogP contribution in [0.2, 0.25) is 0 Å². The van der Waals surface area contributed by atoms with E-state index in [1.165, 1.54) is 0 Å². The van der Waals surface area contributed by atoms with E-state index in [1.54, 1.807) is 24.6 Å². The van der Waals surface area contributed by atoms with Gasteiger partial charge in [0.25, 0.3) is 0 Å². The van der Waals surface area contributed by atoms with Crippen LogP contribution in [0.3, 0.4) is 0 Å². The number of hydrogen-bond donors (Lipinski definition) is 2. The van der Waals surface area contributed by atoms with Crippen LogP contribution in [-0.4, -0.2) is 17.3 Å². The number of nitrogens with zero attached hydrogens (tertiary/aromatic N) is 1. The number of benzene rings is 1. The molecule has 17 heavy (non-hydrogen) atoms. The Hall–Kier alpha value is -2.01. The van der Waals surface area contributed by atoms with Gasteiger partial charge in [0.15, 0.2) is 0 Å². The number of nitrogens with two attached hydrogens (primary N) is 1. The molecule has 86 valence electrons. The third-order valence-corrected chi connectivity index (χ3v) is 3.69. The van der Waals surface area contributed by atoms with Crippen LogP contribution in [-0.2, 0) is 0 Å². The van der Waals surface area contributed by atoms with Gasteiger partial charge in [-0.05, 0) is 29.1 Å². The lowest BCUT2D eigenvalue weighted by Crippen LogP contribution is -1.89. The summed E-state index contributed by atoms with van der Waals surface area (Å²) in [5.41, 5.74) is 7.86. The first-order valence-corrected chi connectivity index (χ1v) is 6.02. The average Bonchev–Trinajstić information content (AvgIpc) is 2.96. The molecule has 0 saturated carbocycles. The Kier molecular flexibility index (Phi) is 2.26. The van der Waals surface area contributed by atoms with Gasteiger partial charge in [0, 0.05) is 10.9 Å². The standard InChI is InChI=1S/C12H11N3OS/c1-16-10-3-2-7(8-4-5-17-11(8)10)9-6-14-15-12(9)13/h2-6H,1H3,(H3,13,14,15). The minimum absolute atomic E-state index is 0.586. The summed E-state index contributed by atoms with van der Waals surface area (Å²) in [7, 11) is 1.68. The molecule has 5 heteroatoms. The SMILES string of the molecule is COc1ccc(-c2cn[nH]c2N)c2ccsc12. The lowest BCUT2D eigenvalue weighted by Gasteiger charge is -2.06. The van der Waals surface area contributed by atoms with Crippen LogP contribution in [0.25, 0.3) is 21.2 Å². The molecule has 3 rings (SSSR count). The number of H-pyrrole nitrogens is 1. The third-order valence-electron chi connectivity index (χ3n) is 2.76. The van der Waals surface area contributed by atoms with E-state index in [2.05, 4.69) is 16.3 Å². The summed E-state index contributed by atoms with van der Waals surface area (Å²) in [6.45, 7) is 0. The van der Waals surface area contributed by atoms with Crippen molar-refractivity contribution in [3.63, 3.8) is 0 Å². The van der Waals surface area contributed by atoms with E-state index in [0.29, 0.717) is 5.82 Å². The molecular weight excluding hydrogens is 234 g/mol. The fraction of sp³-hybridized carbons (Fsp3) is 0.0833. The van der Waals surface area contributed by atoms with Crippen LogP contribution in [0, 0.1) is 0 Å². The Morgan fingerprint density at radius 2 is 2.18 bits per heavy atom. The molecular formula is C12H11N3OS. The van der Waals surface area contributed by atoms with Crippen molar-refractivity contribution in [2.24, 2.45) is 0 Å². The third kappa shape index (κ3) is 1.47. The number of hydrogen-bond acceptors (Lipinski definition) is 4. The molecule has 0 aliphatic heterocycles. The summed E-state index contributed by atoms with van der Waals surface area (Å²) in [4.78, 5) is 0. The molecule has 0 aliphatic rings. The van der Waals surface area contributed by atoms with Gasteiger partial charge in [0.05, 0.1) is 18.0 Å². The predicted molar refractivity (Wildman–Crippen MR) is 70.4 cm³/mol. The molecule has 0 spiro atoms. The maximum Gasteiger partial charge on any atom is 0.136 e. The van der Waals surface area contributed by atoms with E-state index in [9.17, 15) is 0 Å². The smallest absolute Gasteiger partial charge is 0.136 e. The normalized spacial score (nSPS) is 10.9. The number of ether oxygens (including phenoxy) is 1. The van der Waals surface area contributed by atoms with Crippen LogP contribution < -0.4 is 10.5 Å². The first-order chi connectivity index (χ1) is 8.31. The summed E-state index contributed by atoms with van der Waals surface area (Å²) < 4.78 is 6.47. The van der Waals surface area contributed by atoms with Gasteiger partial charge in [0.1, 0.15) is 11.6 Å². The van der Waals surface area contributed by atoms with Gasteiger partial charge in [-0.1, -0.05) is 0 Å². The minimum Gasteiger partial charge on any atom is -0.495 e. The summed E-state index contributed by atoms with van der Waals surface area (Å²) in [5, 5.41) is 9.90. The van der Waals surface area contributed by atoms with E-state index < -0.39 is 0 Å². The monoisotopic (exact) mass is 245 g/mol. The second-order valence-electron chi connectivity index (χ2n) is 3.68. The molecule has 0 amide bonds. The Morgan fingerprint density at radius 3 is 2.88 bits per heavy atom. The van der Waals surface area contributed by atoms with Gasteiger partial charge in [-0.25, -0.2) is 0 Å². The summed E-state index contributed by atoms with van der Waals surface area (Å²) in [6, 6.07) is 6.04. The van der Waals surface area contributed by atoms with Crippen molar-refractivity contribution in [1.82, 2.24) is 10.2 Å². The number of nitrogens with one attached hydrogen (secondary N) is 1. The van der Waals surface area contributed by atoms with E-state index in [0.717, 1.165) is 27.0 Å². The van der Waals surface area contributed by atoms with Crippen molar-refractivity contribution in [2.75, 3.05) is 12.8 Å². The Balaban J connectivity index is 2.32. The number of methoxy groups -OCH3 is 1. The molecule has 0 atom stereocenters. The zero-order valence-electron chi connectivity index (χ0n) is 9.23. The van der Waals surface area contributed by atoms with Crippen LogP contribution in [0.1, 0.15) is 0 Å². The second kappa shape index (κ2) is 3.78. The largest absolute Gasteiger partial charge is 0.495 e. The lowest BCUT2D eigenvalue weighted by molar-refractivity contribution is 0.420. The molecule has 0 fully saturated rings. The lowest BCUT2D eigenvalue weighted by atomic mass is 10.0. The van der Waals surface area contributed by atoms with Crippen molar-refractivity contribution < 1.29 is 4.74 Å². The van der Waals surface area contributed by atoms with E-state index in [1.807, 2.05) is 17.5 Å². The van der Waals surface area contributed by atoms with Crippen molar-refractivity contribution in [3.05, 3.63) is 29.8 Å². The Bertz CT molecular complexity index is 671. The van der Waals surface area contributed by atoms with Crippen molar-refractivity contribution in [2.45, 2.75) is 0 Å². The van der Waals surface area contributed by atoms with Crippen LogP contribution >= 0.6 is 11.3 Å². The van der Waals surface area contributed by atoms with E-state index >= 15 is 0 Å². The number of nitrogen functional groups attached to an aromatic ring is 1. The molecule has 0 saturated heterocycles. The molecule has 3 aromatic rings. The Labute approximate surface area is 102 Å². The molecule has 2 aromatic heterocycles. The molecule has 0 bridgehead atoms. The topological polar surface area (TPSA) is 63.9 Å². The van der Waals surface area contributed by atoms with Gasteiger partial charge in [0.2, 0.25) is 0 Å². The van der Waals surface area contributed by atoms with Gasteiger partial charge < -0.3 is 10.5 Å². The fourth-order valence-electron chi connectivity index (χ4n) is 1.94. The maximum atomic E-state index is 5.86. The van der Waals surface area contributed by atoms with Crippen LogP contribution in [0.4, 0.5) is 5.82 Å². The summed E-state index contributed by atoms with van der Waals surface area (Å²) >= 11 is 1.66. The highest BCUT2D eigenvalue weighted by Crippen LogP contribution is 2.38. The maximum absolute atomic E-state index is 5.86. The highest BCUT2D eigenvalue weighted by Gasteiger charge is 2.12. The average molecular weight is 245 g/mol. The second-order valence-corrected chi connectivity index (χ2v) is 4.59. The van der Waals surface area contributed by atoms with Crippen molar-refractivity contribution in [3.8, 4) is 16.9 Å². The molecule has 0 aliphatic carbocycles. The summed E-state index contributed by atoms with van der Waals surface area (Å²) in [5.74, 6) is 1.48. The first kappa shape index (κ1) is 10.2. The van der Waals surface area contributed by atoms with E-state index in [4.69, 9.17) is 10.5 Å². The molecule has 0 unspecified atom stereocenters. The number of anilines is 1. The molecule has 4 nitrogen and oxygen atoms in total. The molecule has 3 N–H and O–H groups in total. The van der Waals surface area contributed by atoms with Crippen molar-refractivity contribution >= 4 is 27.2 Å². The summed E-state index contributed by atoms with van der Waals surface area (Å²) in [6.07, 6.45) is 1.74. The molecule has 2 heterocycles. The van der Waals surface area contributed by atoms with Crippen molar-refractivity contribution in [1.29, 1.82) is 0 Å².